The number of carbonyl (C=O) groups is 2. The van der Waals surface area contributed by atoms with Crippen LogP contribution in [0.3, 0.4) is 0 Å². The Bertz CT molecular complexity index is 984. The highest BCUT2D eigenvalue weighted by Crippen LogP contribution is 2.34. The molecule has 7 heteroatoms. The van der Waals surface area contributed by atoms with Gasteiger partial charge in [0, 0.05) is 6.54 Å². The monoisotopic (exact) mass is 413 g/mol. The second-order valence-electron chi connectivity index (χ2n) is 6.10. The number of thioether (sulfide) groups is 1. The van der Waals surface area contributed by atoms with Gasteiger partial charge in [-0.1, -0.05) is 47.7 Å². The van der Waals surface area contributed by atoms with Crippen molar-refractivity contribution in [2.24, 2.45) is 0 Å². The van der Waals surface area contributed by atoms with Crippen molar-refractivity contribution >= 4 is 46.3 Å². The van der Waals surface area contributed by atoms with Crippen LogP contribution in [0.2, 0.25) is 0 Å². The summed E-state index contributed by atoms with van der Waals surface area (Å²) in [7, 11) is 1.50. The third kappa shape index (κ3) is 4.26. The number of nitrogens with zero attached hydrogens (tertiary/aromatic N) is 1. The highest BCUT2D eigenvalue weighted by Gasteiger charge is 2.30. The number of methoxy groups -OCH3 is 1. The van der Waals surface area contributed by atoms with E-state index in [1.54, 1.807) is 47.4 Å². The highest BCUT2D eigenvalue weighted by atomic mass is 32.2. The largest absolute Gasteiger partial charge is 0.493 e. The van der Waals surface area contributed by atoms with E-state index in [1.807, 2.05) is 19.9 Å². The molecule has 0 aliphatic carbocycles. The number of likely N-dealkylation sites (N-methyl/N-ethyl adjacent to an activating group) is 1. The van der Waals surface area contributed by atoms with Crippen molar-refractivity contribution in [1.82, 2.24) is 4.90 Å². The molecule has 1 saturated heterocycles. The Balaban J connectivity index is 1.83. The smallest absolute Gasteiger partial charge is 0.343 e. The maximum absolute atomic E-state index is 12.4. The normalized spacial score (nSPS) is 15.2. The summed E-state index contributed by atoms with van der Waals surface area (Å²) in [4.78, 5) is 26.9. The van der Waals surface area contributed by atoms with Gasteiger partial charge in [-0.2, -0.15) is 0 Å². The standard InChI is InChI=1S/C21H19NO4S2/c1-4-22-19(23)18(28-21(22)27)12-14-8-9-16(17(11-14)25-3)26-20(24)15-7-5-6-13(2)10-15/h5-12H,4H2,1-3H3. The van der Waals surface area contributed by atoms with Crippen molar-refractivity contribution < 1.29 is 19.1 Å². The maximum atomic E-state index is 12.4. The van der Waals surface area contributed by atoms with Gasteiger partial charge in [0.05, 0.1) is 17.6 Å². The molecule has 0 atom stereocenters. The minimum Gasteiger partial charge on any atom is -0.493 e. The van der Waals surface area contributed by atoms with E-state index in [2.05, 4.69) is 0 Å². The zero-order chi connectivity index (χ0) is 20.3. The van der Waals surface area contributed by atoms with Crippen LogP contribution < -0.4 is 9.47 Å². The predicted octanol–water partition coefficient (Wildman–Crippen LogP) is 4.44. The predicted molar refractivity (Wildman–Crippen MR) is 115 cm³/mol. The summed E-state index contributed by atoms with van der Waals surface area (Å²) in [5.41, 5.74) is 2.19. The highest BCUT2D eigenvalue weighted by molar-refractivity contribution is 8.26. The quantitative estimate of drug-likeness (QED) is 0.313. The molecule has 0 bridgehead atoms. The van der Waals surface area contributed by atoms with Crippen molar-refractivity contribution in [3.05, 3.63) is 64.1 Å². The van der Waals surface area contributed by atoms with Gasteiger partial charge in [-0.05, 0) is 49.8 Å². The van der Waals surface area contributed by atoms with E-state index in [1.165, 1.54) is 18.9 Å². The average Bonchev–Trinajstić information content (AvgIpc) is 2.95. The number of carbonyl (C=O) groups excluding carboxylic acids is 2. The summed E-state index contributed by atoms with van der Waals surface area (Å²) in [5.74, 6) is 0.151. The van der Waals surface area contributed by atoms with Crippen LogP contribution in [0, 0.1) is 6.92 Å². The van der Waals surface area contributed by atoms with Crippen molar-refractivity contribution in [2.45, 2.75) is 13.8 Å². The Morgan fingerprint density at radius 1 is 1.21 bits per heavy atom. The molecule has 1 aliphatic heterocycles. The summed E-state index contributed by atoms with van der Waals surface area (Å²) < 4.78 is 11.4. The number of thiocarbonyl (C=S) groups is 1. The zero-order valence-corrected chi connectivity index (χ0v) is 17.4. The van der Waals surface area contributed by atoms with Gasteiger partial charge in [0.15, 0.2) is 11.5 Å². The van der Waals surface area contributed by atoms with Gasteiger partial charge in [-0.3, -0.25) is 9.69 Å². The van der Waals surface area contributed by atoms with Gasteiger partial charge >= 0.3 is 5.97 Å². The zero-order valence-electron chi connectivity index (χ0n) is 15.7. The summed E-state index contributed by atoms with van der Waals surface area (Å²) in [6.45, 7) is 4.33. The summed E-state index contributed by atoms with van der Waals surface area (Å²) >= 11 is 6.50. The van der Waals surface area contributed by atoms with Crippen molar-refractivity contribution in [3.63, 3.8) is 0 Å². The van der Waals surface area contributed by atoms with E-state index >= 15 is 0 Å². The fourth-order valence-electron chi connectivity index (χ4n) is 2.71. The minimum absolute atomic E-state index is 0.105. The molecule has 3 rings (SSSR count). The van der Waals surface area contributed by atoms with E-state index in [0.717, 1.165) is 11.1 Å². The Morgan fingerprint density at radius 2 is 2.00 bits per heavy atom. The molecule has 1 amide bonds. The van der Waals surface area contributed by atoms with Gasteiger partial charge in [-0.15, -0.1) is 0 Å². The van der Waals surface area contributed by atoms with Crippen LogP contribution >= 0.6 is 24.0 Å². The number of aryl methyl sites for hydroxylation is 1. The SMILES string of the molecule is CCN1C(=O)C(=Cc2ccc(OC(=O)c3cccc(C)c3)c(OC)c2)SC1=S. The molecular formula is C21H19NO4S2. The van der Waals surface area contributed by atoms with Gasteiger partial charge in [-0.25, -0.2) is 4.79 Å². The lowest BCUT2D eigenvalue weighted by Gasteiger charge is -2.11. The Hall–Kier alpha value is -2.64. The molecule has 28 heavy (non-hydrogen) atoms. The van der Waals surface area contributed by atoms with Gasteiger partial charge in [0.1, 0.15) is 4.32 Å². The summed E-state index contributed by atoms with van der Waals surface area (Å²) in [6, 6.07) is 12.3. The van der Waals surface area contributed by atoms with Crippen LogP contribution in [0.25, 0.3) is 6.08 Å². The van der Waals surface area contributed by atoms with Crippen molar-refractivity contribution in [2.75, 3.05) is 13.7 Å². The molecule has 1 aliphatic rings. The second kappa shape index (κ2) is 8.58. The molecule has 2 aromatic carbocycles. The van der Waals surface area contributed by atoms with Gasteiger partial charge in [0.2, 0.25) is 0 Å². The van der Waals surface area contributed by atoms with Crippen LogP contribution in [0.1, 0.15) is 28.4 Å². The third-order valence-corrected chi connectivity index (χ3v) is 5.51. The van der Waals surface area contributed by atoms with Crippen molar-refractivity contribution in [3.8, 4) is 11.5 Å². The van der Waals surface area contributed by atoms with E-state index in [-0.39, 0.29) is 5.91 Å². The first kappa shape index (κ1) is 20.1. The number of ether oxygens (including phenoxy) is 2. The molecule has 0 aromatic heterocycles. The van der Waals surface area contributed by atoms with E-state index in [4.69, 9.17) is 21.7 Å². The lowest BCUT2D eigenvalue weighted by atomic mass is 10.1. The minimum atomic E-state index is -0.460. The maximum Gasteiger partial charge on any atom is 0.343 e. The number of rotatable bonds is 5. The first-order chi connectivity index (χ1) is 13.4. The number of amides is 1. The van der Waals surface area contributed by atoms with Crippen LogP contribution in [-0.4, -0.2) is 34.8 Å². The van der Waals surface area contributed by atoms with Crippen molar-refractivity contribution in [1.29, 1.82) is 0 Å². The average molecular weight is 414 g/mol. The van der Waals surface area contributed by atoms with Gasteiger partial charge in [0.25, 0.3) is 5.91 Å². The molecule has 144 valence electrons. The molecule has 0 radical (unpaired) electrons. The molecule has 2 aromatic rings. The summed E-state index contributed by atoms with van der Waals surface area (Å²) in [6.07, 6.45) is 1.75. The number of hydrogen-bond donors (Lipinski definition) is 0. The summed E-state index contributed by atoms with van der Waals surface area (Å²) in [5, 5.41) is 0. The molecule has 0 spiro atoms. The topological polar surface area (TPSA) is 55.8 Å². The molecule has 1 heterocycles. The fraction of sp³-hybridized carbons (Fsp3) is 0.190. The lowest BCUT2D eigenvalue weighted by molar-refractivity contribution is -0.121. The Kier molecular flexibility index (Phi) is 6.16. The lowest BCUT2D eigenvalue weighted by Crippen LogP contribution is -2.27. The number of hydrogen-bond acceptors (Lipinski definition) is 6. The number of benzene rings is 2. The Labute approximate surface area is 173 Å². The first-order valence-corrected chi connectivity index (χ1v) is 9.87. The second-order valence-corrected chi connectivity index (χ2v) is 7.77. The van der Waals surface area contributed by atoms with Crippen LogP contribution in [0.15, 0.2) is 47.4 Å². The molecule has 5 nitrogen and oxygen atoms in total. The van der Waals surface area contributed by atoms with E-state index in [9.17, 15) is 9.59 Å². The molecule has 0 N–H and O–H groups in total. The van der Waals surface area contributed by atoms with E-state index < -0.39 is 5.97 Å². The third-order valence-electron chi connectivity index (χ3n) is 4.13. The van der Waals surface area contributed by atoms with Crippen LogP contribution in [0.5, 0.6) is 11.5 Å². The van der Waals surface area contributed by atoms with Crippen LogP contribution in [0.4, 0.5) is 0 Å². The number of esters is 1. The molecule has 0 saturated carbocycles. The molecule has 0 unspecified atom stereocenters. The van der Waals surface area contributed by atoms with Gasteiger partial charge < -0.3 is 9.47 Å². The first-order valence-electron chi connectivity index (χ1n) is 8.65. The Morgan fingerprint density at radius 3 is 2.64 bits per heavy atom. The molecule has 1 fully saturated rings. The molecular weight excluding hydrogens is 394 g/mol. The fourth-order valence-corrected chi connectivity index (χ4v) is 4.10. The van der Waals surface area contributed by atoms with E-state index in [0.29, 0.717) is 32.8 Å². The van der Waals surface area contributed by atoms with Crippen LogP contribution in [-0.2, 0) is 4.79 Å².